The average Bonchev–Trinajstić information content (AvgIpc) is 3.25. The van der Waals surface area contributed by atoms with Gasteiger partial charge in [-0.3, -0.25) is 20.2 Å². The summed E-state index contributed by atoms with van der Waals surface area (Å²) in [6, 6.07) is 14.2. The van der Waals surface area contributed by atoms with Crippen LogP contribution in [0.5, 0.6) is 0 Å². The number of benzene rings is 2. The van der Waals surface area contributed by atoms with E-state index in [9.17, 15) is 32.5 Å². The molecular formula is C21H20FN5O6S2. The van der Waals surface area contributed by atoms with Gasteiger partial charge < -0.3 is 5.32 Å². The lowest BCUT2D eigenvalue weighted by atomic mass is 10.1. The van der Waals surface area contributed by atoms with Crippen molar-refractivity contribution in [3.05, 3.63) is 86.0 Å². The fourth-order valence-electron chi connectivity index (χ4n) is 3.08. The number of hydrogen-bond acceptors (Lipinski definition) is 10. The van der Waals surface area contributed by atoms with E-state index in [0.29, 0.717) is 30.7 Å². The Labute approximate surface area is 203 Å². The monoisotopic (exact) mass is 521 g/mol. The molecule has 35 heavy (non-hydrogen) atoms. The summed E-state index contributed by atoms with van der Waals surface area (Å²) in [5, 5.41) is 32.3. The second-order valence-corrected chi connectivity index (χ2v) is 9.67. The Hall–Kier alpha value is -3.78. The molecule has 0 fully saturated rings. The van der Waals surface area contributed by atoms with Gasteiger partial charge in [-0.1, -0.05) is 24.3 Å². The number of aryl methyl sites for hydroxylation is 1. The number of halogens is 1. The van der Waals surface area contributed by atoms with Crippen molar-refractivity contribution in [1.82, 2.24) is 0 Å². The van der Waals surface area contributed by atoms with E-state index in [1.807, 2.05) is 24.3 Å². The molecule has 11 nitrogen and oxygen atoms in total. The smallest absolute Gasteiger partial charge is 0.333 e. The summed E-state index contributed by atoms with van der Waals surface area (Å²) in [4.78, 5) is 20.0. The van der Waals surface area contributed by atoms with Crippen molar-refractivity contribution in [2.24, 2.45) is 10.2 Å². The molecule has 3 rings (SSSR count). The maximum Gasteiger partial charge on any atom is 0.333 e. The van der Waals surface area contributed by atoms with Crippen LogP contribution < -0.4 is 5.32 Å². The van der Waals surface area contributed by atoms with E-state index in [2.05, 4.69) is 15.5 Å². The fraction of sp³-hybridized carbons (Fsp3) is 0.238. The first-order valence-corrected chi connectivity index (χ1v) is 12.5. The van der Waals surface area contributed by atoms with Gasteiger partial charge in [0.25, 0.3) is 0 Å². The number of anilines is 1. The van der Waals surface area contributed by atoms with E-state index < -0.39 is 25.8 Å². The lowest BCUT2D eigenvalue weighted by Crippen LogP contribution is -2.03. The van der Waals surface area contributed by atoms with Crippen molar-refractivity contribution >= 4 is 42.9 Å². The summed E-state index contributed by atoms with van der Waals surface area (Å²) >= 11 is 0.605. The molecule has 0 bridgehead atoms. The Morgan fingerprint density at radius 1 is 0.943 bits per heavy atom. The number of nitrogens with one attached hydrogen (secondary N) is 1. The highest BCUT2D eigenvalue weighted by Crippen LogP contribution is 2.41. The van der Waals surface area contributed by atoms with Crippen LogP contribution >= 0.6 is 11.3 Å². The molecule has 1 N–H and O–H groups in total. The Balaban J connectivity index is 1.42. The van der Waals surface area contributed by atoms with Crippen LogP contribution in [0.4, 0.5) is 25.3 Å². The molecular weight excluding hydrogens is 501 g/mol. The number of nitrogens with zero attached hydrogens (tertiary/aromatic N) is 4. The van der Waals surface area contributed by atoms with Crippen molar-refractivity contribution in [3.63, 3.8) is 0 Å². The zero-order valence-corrected chi connectivity index (χ0v) is 19.8. The van der Waals surface area contributed by atoms with E-state index in [1.165, 1.54) is 12.1 Å². The molecule has 0 spiro atoms. The van der Waals surface area contributed by atoms with Crippen LogP contribution in [0.25, 0.3) is 0 Å². The van der Waals surface area contributed by atoms with Crippen LogP contribution in [-0.4, -0.2) is 31.4 Å². The van der Waals surface area contributed by atoms with E-state index >= 15 is 0 Å². The first-order chi connectivity index (χ1) is 16.6. The first-order valence-electron chi connectivity index (χ1n) is 10.3. The number of thiophene rings is 1. The molecule has 0 atom stereocenters. The average molecular weight is 522 g/mol. The standard InChI is InChI=1S/C21H20FN5O6S2/c22-35(32,33)18-9-5-15(6-10-18)2-1-12-23-17-7-3-16(4-8-17)11-13-24-25-21-19(26(28)29)14-20(34-21)27(30)31/h3-10,14,23H,1-2,11-13H2. The molecule has 184 valence electrons. The van der Waals surface area contributed by atoms with Gasteiger partial charge in [0.1, 0.15) is 6.07 Å². The Morgan fingerprint density at radius 2 is 1.57 bits per heavy atom. The number of azo groups is 1. The van der Waals surface area contributed by atoms with Crippen molar-refractivity contribution < 1.29 is 22.2 Å². The van der Waals surface area contributed by atoms with Crippen LogP contribution in [0, 0.1) is 20.2 Å². The minimum atomic E-state index is -4.68. The highest BCUT2D eigenvalue weighted by Gasteiger charge is 2.25. The van der Waals surface area contributed by atoms with Crippen LogP contribution in [0.1, 0.15) is 17.5 Å². The molecule has 0 amide bonds. The third-order valence-corrected chi connectivity index (χ3v) is 6.64. The Kier molecular flexibility index (Phi) is 8.54. The molecule has 0 saturated carbocycles. The van der Waals surface area contributed by atoms with E-state index in [4.69, 9.17) is 0 Å². The van der Waals surface area contributed by atoms with Gasteiger partial charge in [0.2, 0.25) is 5.00 Å². The SMILES string of the molecule is O=[N+]([O-])c1cc([N+](=O)[O-])c(N=NCCc2ccc(NCCCc3ccc(S(=O)(=O)F)cc3)cc2)s1. The van der Waals surface area contributed by atoms with Gasteiger partial charge in [0, 0.05) is 12.2 Å². The normalized spacial score (nSPS) is 11.6. The lowest BCUT2D eigenvalue weighted by Gasteiger charge is -2.08. The van der Waals surface area contributed by atoms with Gasteiger partial charge in [-0.2, -0.15) is 13.5 Å². The van der Waals surface area contributed by atoms with Gasteiger partial charge in [0.15, 0.2) is 0 Å². The third kappa shape index (κ3) is 7.61. The molecule has 0 radical (unpaired) electrons. The van der Waals surface area contributed by atoms with Crippen LogP contribution in [0.3, 0.4) is 0 Å². The number of hydrogen-bond donors (Lipinski definition) is 1. The molecule has 0 saturated heterocycles. The topological polar surface area (TPSA) is 157 Å². The highest BCUT2D eigenvalue weighted by molar-refractivity contribution is 7.86. The molecule has 0 unspecified atom stereocenters. The summed E-state index contributed by atoms with van der Waals surface area (Å²) in [6.07, 6.45) is 2.03. The quantitative estimate of drug-likeness (QED) is 0.107. The summed E-state index contributed by atoms with van der Waals surface area (Å²) in [6.45, 7) is 0.945. The van der Waals surface area contributed by atoms with Crippen molar-refractivity contribution in [2.75, 3.05) is 18.4 Å². The van der Waals surface area contributed by atoms with Crippen LogP contribution in [-0.2, 0) is 23.1 Å². The van der Waals surface area contributed by atoms with Gasteiger partial charge in [-0.15, -0.1) is 9.00 Å². The molecule has 0 aliphatic carbocycles. The first kappa shape index (κ1) is 25.8. The highest BCUT2D eigenvalue weighted by atomic mass is 32.3. The third-order valence-electron chi connectivity index (χ3n) is 4.85. The summed E-state index contributed by atoms with van der Waals surface area (Å²) in [7, 11) is -4.68. The molecule has 3 aromatic rings. The largest absolute Gasteiger partial charge is 0.385 e. The van der Waals surface area contributed by atoms with Crippen molar-refractivity contribution in [1.29, 1.82) is 0 Å². The second kappa shape index (κ2) is 11.6. The zero-order chi connectivity index (χ0) is 25.4. The Bertz CT molecular complexity index is 1330. The molecule has 1 heterocycles. The van der Waals surface area contributed by atoms with Crippen LogP contribution in [0.2, 0.25) is 0 Å². The zero-order valence-electron chi connectivity index (χ0n) is 18.2. The summed E-state index contributed by atoms with van der Waals surface area (Å²) in [5.41, 5.74) is 2.36. The molecule has 2 aromatic carbocycles. The van der Waals surface area contributed by atoms with Crippen LogP contribution in [0.15, 0.2) is 69.7 Å². The molecule has 14 heteroatoms. The lowest BCUT2D eigenvalue weighted by molar-refractivity contribution is -0.389. The predicted octanol–water partition coefficient (Wildman–Crippen LogP) is 5.59. The van der Waals surface area contributed by atoms with Gasteiger partial charge >= 0.3 is 20.9 Å². The van der Waals surface area contributed by atoms with Gasteiger partial charge in [-0.05, 0) is 66.0 Å². The number of rotatable bonds is 12. The summed E-state index contributed by atoms with van der Waals surface area (Å²) in [5.74, 6) is 0. The van der Waals surface area contributed by atoms with E-state index in [1.54, 1.807) is 12.1 Å². The fourth-order valence-corrected chi connectivity index (χ4v) is 4.32. The van der Waals surface area contributed by atoms with Crippen molar-refractivity contribution in [3.8, 4) is 0 Å². The van der Waals surface area contributed by atoms with Gasteiger partial charge in [0.05, 0.1) is 21.3 Å². The van der Waals surface area contributed by atoms with E-state index in [-0.39, 0.29) is 21.4 Å². The van der Waals surface area contributed by atoms with E-state index in [0.717, 1.165) is 29.3 Å². The molecule has 0 aliphatic rings. The second-order valence-electron chi connectivity index (χ2n) is 7.31. The Morgan fingerprint density at radius 3 is 2.17 bits per heavy atom. The molecule has 0 aliphatic heterocycles. The summed E-state index contributed by atoms with van der Waals surface area (Å²) < 4.78 is 34.6. The minimum Gasteiger partial charge on any atom is -0.385 e. The maximum atomic E-state index is 12.9. The molecule has 1 aromatic heterocycles. The van der Waals surface area contributed by atoms with Gasteiger partial charge in [-0.25, -0.2) is 0 Å². The maximum absolute atomic E-state index is 12.9. The minimum absolute atomic E-state index is 0.107. The predicted molar refractivity (Wildman–Crippen MR) is 129 cm³/mol. The van der Waals surface area contributed by atoms with Crippen molar-refractivity contribution in [2.45, 2.75) is 24.2 Å². The number of nitro groups is 2.